The van der Waals surface area contributed by atoms with Crippen molar-refractivity contribution in [3.05, 3.63) is 47.0 Å². The van der Waals surface area contributed by atoms with Crippen molar-refractivity contribution in [1.29, 1.82) is 0 Å². The number of hydrogen-bond acceptors (Lipinski definition) is 3. The van der Waals surface area contributed by atoms with E-state index in [1.165, 1.54) is 27.4 Å². The van der Waals surface area contributed by atoms with Crippen LogP contribution in [-0.4, -0.2) is 43.6 Å². The van der Waals surface area contributed by atoms with E-state index in [4.69, 9.17) is 0 Å². The van der Waals surface area contributed by atoms with Gasteiger partial charge in [-0.3, -0.25) is 10.1 Å². The standard InChI is InChI=1S/C17H22N4OS/c1-14-4-2-3-5-15(14)12-20-7-9-21(10-8-20)13-16(22)19-17-18-6-11-23-17/h2-6,11H,7-10,12-13H2,1H3,(H,18,19,22)/p+2. The number of amides is 1. The van der Waals surface area contributed by atoms with Gasteiger partial charge in [0, 0.05) is 17.1 Å². The molecule has 6 heteroatoms. The van der Waals surface area contributed by atoms with Crippen LogP contribution < -0.4 is 15.1 Å². The van der Waals surface area contributed by atoms with Gasteiger partial charge in [0.1, 0.15) is 32.7 Å². The summed E-state index contributed by atoms with van der Waals surface area (Å²) < 4.78 is 0. The Morgan fingerprint density at radius 2 is 1.96 bits per heavy atom. The second-order valence-electron chi connectivity index (χ2n) is 6.17. The number of nitrogens with zero attached hydrogens (tertiary/aromatic N) is 1. The summed E-state index contributed by atoms with van der Waals surface area (Å²) in [6.45, 7) is 8.14. The Kier molecular flexibility index (Phi) is 5.38. The maximum absolute atomic E-state index is 12.0. The number of carbonyl (C=O) groups is 1. The van der Waals surface area contributed by atoms with Crippen molar-refractivity contribution in [2.75, 3.05) is 38.0 Å². The minimum Gasteiger partial charge on any atom is -0.322 e. The van der Waals surface area contributed by atoms with Crippen molar-refractivity contribution in [3.63, 3.8) is 0 Å². The molecular weight excluding hydrogens is 308 g/mol. The van der Waals surface area contributed by atoms with Gasteiger partial charge < -0.3 is 9.80 Å². The van der Waals surface area contributed by atoms with Crippen LogP contribution in [0.5, 0.6) is 0 Å². The Morgan fingerprint density at radius 1 is 1.22 bits per heavy atom. The highest BCUT2D eigenvalue weighted by atomic mass is 32.1. The summed E-state index contributed by atoms with van der Waals surface area (Å²) >= 11 is 1.46. The molecule has 0 spiro atoms. The van der Waals surface area contributed by atoms with Crippen molar-refractivity contribution >= 4 is 22.4 Å². The minimum atomic E-state index is 0.0669. The van der Waals surface area contributed by atoms with Crippen molar-refractivity contribution < 1.29 is 14.6 Å². The molecule has 0 unspecified atom stereocenters. The van der Waals surface area contributed by atoms with Gasteiger partial charge >= 0.3 is 0 Å². The van der Waals surface area contributed by atoms with Crippen LogP contribution in [0.1, 0.15) is 11.1 Å². The fraction of sp³-hybridized carbons (Fsp3) is 0.412. The molecule has 0 saturated carbocycles. The molecule has 1 amide bonds. The highest BCUT2D eigenvalue weighted by molar-refractivity contribution is 7.13. The molecule has 3 rings (SSSR count). The van der Waals surface area contributed by atoms with Crippen LogP contribution in [0.3, 0.4) is 0 Å². The number of carbonyl (C=O) groups excluding carboxylic acids is 1. The molecular formula is C17H24N4OS+2. The van der Waals surface area contributed by atoms with Crippen LogP contribution in [0.4, 0.5) is 5.13 Å². The van der Waals surface area contributed by atoms with E-state index in [0.717, 1.165) is 32.7 Å². The van der Waals surface area contributed by atoms with Gasteiger partial charge in [-0.05, 0) is 12.5 Å². The van der Waals surface area contributed by atoms with Crippen LogP contribution in [0, 0.1) is 6.92 Å². The molecule has 1 fully saturated rings. The molecule has 1 saturated heterocycles. The molecule has 2 heterocycles. The van der Waals surface area contributed by atoms with E-state index in [-0.39, 0.29) is 5.91 Å². The van der Waals surface area contributed by atoms with Crippen LogP contribution in [-0.2, 0) is 11.3 Å². The van der Waals surface area contributed by atoms with Gasteiger partial charge in [-0.2, -0.15) is 0 Å². The topological polar surface area (TPSA) is 50.9 Å². The number of aromatic nitrogens is 1. The summed E-state index contributed by atoms with van der Waals surface area (Å²) in [5.74, 6) is 0.0669. The zero-order valence-corrected chi connectivity index (χ0v) is 14.3. The Balaban J connectivity index is 1.43. The van der Waals surface area contributed by atoms with E-state index in [9.17, 15) is 4.79 Å². The predicted molar refractivity (Wildman–Crippen MR) is 91.9 cm³/mol. The molecule has 1 aliphatic heterocycles. The third-order valence-electron chi connectivity index (χ3n) is 4.46. The molecule has 0 bridgehead atoms. The summed E-state index contributed by atoms with van der Waals surface area (Å²) in [6, 6.07) is 8.62. The summed E-state index contributed by atoms with van der Waals surface area (Å²) in [5.41, 5.74) is 2.81. The zero-order chi connectivity index (χ0) is 16.1. The van der Waals surface area contributed by atoms with Crippen LogP contribution in [0.25, 0.3) is 0 Å². The van der Waals surface area contributed by atoms with E-state index in [1.54, 1.807) is 11.1 Å². The highest BCUT2D eigenvalue weighted by Crippen LogP contribution is 2.09. The van der Waals surface area contributed by atoms with E-state index in [2.05, 4.69) is 41.5 Å². The van der Waals surface area contributed by atoms with Crippen LogP contribution in [0.2, 0.25) is 0 Å². The number of rotatable bonds is 5. The summed E-state index contributed by atoms with van der Waals surface area (Å²) in [4.78, 5) is 19.1. The molecule has 122 valence electrons. The monoisotopic (exact) mass is 332 g/mol. The third kappa shape index (κ3) is 4.60. The number of anilines is 1. The number of piperazine rings is 1. The molecule has 23 heavy (non-hydrogen) atoms. The van der Waals surface area contributed by atoms with Gasteiger partial charge in [0.15, 0.2) is 11.7 Å². The molecule has 2 aromatic rings. The van der Waals surface area contributed by atoms with E-state index >= 15 is 0 Å². The maximum Gasteiger partial charge on any atom is 0.281 e. The number of thiazole rings is 1. The van der Waals surface area contributed by atoms with Crippen molar-refractivity contribution in [1.82, 2.24) is 4.98 Å². The summed E-state index contributed by atoms with van der Waals surface area (Å²) in [7, 11) is 0. The lowest BCUT2D eigenvalue weighted by Crippen LogP contribution is -3.28. The van der Waals surface area contributed by atoms with E-state index in [1.807, 2.05) is 5.38 Å². The Labute approximate surface area is 140 Å². The fourth-order valence-electron chi connectivity index (χ4n) is 3.06. The highest BCUT2D eigenvalue weighted by Gasteiger charge is 2.25. The third-order valence-corrected chi connectivity index (χ3v) is 5.14. The number of nitrogens with one attached hydrogen (secondary N) is 3. The van der Waals surface area contributed by atoms with Crippen molar-refractivity contribution in [3.8, 4) is 0 Å². The quantitative estimate of drug-likeness (QED) is 0.683. The van der Waals surface area contributed by atoms with Gasteiger partial charge in [-0.15, -0.1) is 11.3 Å². The van der Waals surface area contributed by atoms with Gasteiger partial charge in [0.25, 0.3) is 5.91 Å². The molecule has 3 N–H and O–H groups in total. The SMILES string of the molecule is Cc1ccccc1C[NH+]1CC[NH+](CC(=O)Nc2nccs2)CC1. The normalized spacial score (nSPS) is 21.1. The summed E-state index contributed by atoms with van der Waals surface area (Å²) in [6.07, 6.45) is 1.71. The number of aryl methyl sites for hydroxylation is 1. The second kappa shape index (κ2) is 7.68. The van der Waals surface area contributed by atoms with Crippen molar-refractivity contribution in [2.24, 2.45) is 0 Å². The molecule has 0 atom stereocenters. The molecule has 1 aromatic heterocycles. The smallest absolute Gasteiger partial charge is 0.281 e. The Bertz CT molecular complexity index is 636. The lowest BCUT2D eigenvalue weighted by Gasteiger charge is -2.29. The average molecular weight is 332 g/mol. The lowest BCUT2D eigenvalue weighted by molar-refractivity contribution is -1.02. The predicted octanol–water partition coefficient (Wildman–Crippen LogP) is -0.626. The first-order valence-electron chi connectivity index (χ1n) is 8.11. The maximum atomic E-state index is 12.0. The van der Waals surface area contributed by atoms with Gasteiger partial charge in [-0.1, -0.05) is 24.3 Å². The number of benzene rings is 1. The van der Waals surface area contributed by atoms with Crippen molar-refractivity contribution in [2.45, 2.75) is 13.5 Å². The molecule has 1 aliphatic rings. The van der Waals surface area contributed by atoms with Gasteiger partial charge in [0.05, 0.1) is 0 Å². The van der Waals surface area contributed by atoms with E-state index < -0.39 is 0 Å². The molecule has 1 aromatic carbocycles. The zero-order valence-electron chi connectivity index (χ0n) is 13.5. The Hall–Kier alpha value is -1.76. The molecule has 0 radical (unpaired) electrons. The summed E-state index contributed by atoms with van der Waals surface area (Å²) in [5, 5.41) is 5.43. The van der Waals surface area contributed by atoms with E-state index in [0.29, 0.717) is 11.7 Å². The lowest BCUT2D eigenvalue weighted by atomic mass is 10.1. The number of hydrogen-bond donors (Lipinski definition) is 3. The Morgan fingerprint density at radius 3 is 2.65 bits per heavy atom. The van der Waals surface area contributed by atoms with Crippen LogP contribution >= 0.6 is 11.3 Å². The minimum absolute atomic E-state index is 0.0669. The average Bonchev–Trinajstić information content (AvgIpc) is 3.04. The first kappa shape index (κ1) is 16.1. The largest absolute Gasteiger partial charge is 0.322 e. The first-order valence-corrected chi connectivity index (χ1v) is 8.99. The second-order valence-corrected chi connectivity index (χ2v) is 7.06. The van der Waals surface area contributed by atoms with Crippen LogP contribution in [0.15, 0.2) is 35.8 Å². The first-order chi connectivity index (χ1) is 11.2. The molecule has 5 nitrogen and oxygen atoms in total. The molecule has 0 aliphatic carbocycles. The number of quaternary nitrogens is 2. The van der Waals surface area contributed by atoms with Gasteiger partial charge in [0.2, 0.25) is 0 Å². The fourth-order valence-corrected chi connectivity index (χ4v) is 3.61. The van der Waals surface area contributed by atoms with Gasteiger partial charge in [-0.25, -0.2) is 4.98 Å².